The molecule has 0 atom stereocenters. The Kier molecular flexibility index (Phi) is 7.13. The highest BCUT2D eigenvalue weighted by molar-refractivity contribution is 9.10. The Hall–Kier alpha value is -2.21. The van der Waals surface area contributed by atoms with Gasteiger partial charge in [0.1, 0.15) is 0 Å². The van der Waals surface area contributed by atoms with E-state index in [0.29, 0.717) is 19.0 Å². The van der Waals surface area contributed by atoms with Crippen molar-refractivity contribution in [2.75, 3.05) is 20.8 Å². The lowest BCUT2D eigenvalue weighted by atomic mass is 10.1. The molecular weight excluding hydrogens is 382 g/mol. The molecule has 6 heteroatoms. The maximum absolute atomic E-state index is 5.95. The van der Waals surface area contributed by atoms with E-state index in [9.17, 15) is 0 Å². The predicted molar refractivity (Wildman–Crippen MR) is 105 cm³/mol. The first-order valence-corrected chi connectivity index (χ1v) is 8.82. The van der Waals surface area contributed by atoms with Crippen molar-refractivity contribution in [1.82, 2.24) is 5.32 Å². The van der Waals surface area contributed by atoms with Crippen LogP contribution in [-0.4, -0.2) is 26.7 Å². The van der Waals surface area contributed by atoms with Crippen LogP contribution >= 0.6 is 15.9 Å². The molecule has 0 unspecified atom stereocenters. The number of hydrogen-bond donors (Lipinski definition) is 2. The maximum Gasteiger partial charge on any atom is 0.188 e. The highest BCUT2D eigenvalue weighted by Crippen LogP contribution is 2.27. The minimum atomic E-state index is 0.447. The van der Waals surface area contributed by atoms with Crippen LogP contribution in [0.4, 0.5) is 0 Å². The summed E-state index contributed by atoms with van der Waals surface area (Å²) < 4.78 is 11.6. The van der Waals surface area contributed by atoms with Gasteiger partial charge in [0.2, 0.25) is 0 Å². The molecule has 0 fully saturated rings. The summed E-state index contributed by atoms with van der Waals surface area (Å²) in [6.45, 7) is 3.33. The fraction of sp³-hybridized carbons (Fsp3) is 0.316. The normalized spacial score (nSPS) is 11.3. The number of aryl methyl sites for hydroxylation is 1. The van der Waals surface area contributed by atoms with E-state index in [-0.39, 0.29) is 0 Å². The number of rotatable bonds is 7. The molecule has 134 valence electrons. The van der Waals surface area contributed by atoms with E-state index in [1.54, 1.807) is 14.2 Å². The van der Waals surface area contributed by atoms with E-state index in [4.69, 9.17) is 15.2 Å². The molecule has 0 aromatic heterocycles. The molecule has 0 bridgehead atoms. The highest BCUT2D eigenvalue weighted by atomic mass is 79.9. The van der Waals surface area contributed by atoms with Gasteiger partial charge in [0.05, 0.1) is 20.8 Å². The van der Waals surface area contributed by atoms with Gasteiger partial charge in [-0.2, -0.15) is 0 Å². The lowest BCUT2D eigenvalue weighted by molar-refractivity contribution is 0.354. The number of nitrogens with two attached hydrogens (primary N) is 1. The quantitative estimate of drug-likeness (QED) is 0.546. The molecule has 0 heterocycles. The van der Waals surface area contributed by atoms with E-state index < -0.39 is 0 Å². The first-order valence-electron chi connectivity index (χ1n) is 8.03. The molecule has 0 aliphatic heterocycles. The lowest BCUT2D eigenvalue weighted by Gasteiger charge is -2.10. The molecule has 0 saturated carbocycles. The summed E-state index contributed by atoms with van der Waals surface area (Å²) in [5.74, 6) is 1.90. The molecular formula is C19H24BrN3O2. The molecule has 0 saturated heterocycles. The van der Waals surface area contributed by atoms with Crippen LogP contribution < -0.4 is 20.5 Å². The van der Waals surface area contributed by atoms with Gasteiger partial charge in [-0.25, -0.2) is 4.99 Å². The van der Waals surface area contributed by atoms with Gasteiger partial charge in [0.25, 0.3) is 0 Å². The molecule has 0 aliphatic rings. The zero-order valence-corrected chi connectivity index (χ0v) is 16.4. The third-order valence-corrected chi connectivity index (χ3v) is 4.39. The third-order valence-electron chi connectivity index (χ3n) is 3.89. The van der Waals surface area contributed by atoms with Crippen LogP contribution in [-0.2, 0) is 13.0 Å². The molecule has 2 aromatic rings. The standard InChI is InChI=1S/C19H24BrN3O2/c1-13-10-16(20)6-5-15(13)12-23-19(21)22-9-8-14-4-7-17(24-2)18(11-14)25-3/h4-7,10-11H,8-9,12H2,1-3H3,(H3,21,22,23). The molecule has 25 heavy (non-hydrogen) atoms. The number of aliphatic imine (C=N–C) groups is 1. The number of guanidine groups is 1. The lowest BCUT2D eigenvalue weighted by Crippen LogP contribution is -2.33. The largest absolute Gasteiger partial charge is 0.493 e. The Bertz CT molecular complexity index is 747. The minimum Gasteiger partial charge on any atom is -0.493 e. The van der Waals surface area contributed by atoms with E-state index >= 15 is 0 Å². The summed E-state index contributed by atoms with van der Waals surface area (Å²) in [4.78, 5) is 4.40. The van der Waals surface area contributed by atoms with E-state index in [1.807, 2.05) is 24.3 Å². The van der Waals surface area contributed by atoms with E-state index in [1.165, 1.54) is 5.56 Å². The zero-order valence-electron chi connectivity index (χ0n) is 14.8. The average Bonchev–Trinajstić information content (AvgIpc) is 2.60. The number of halogens is 1. The average molecular weight is 406 g/mol. The van der Waals surface area contributed by atoms with Gasteiger partial charge in [-0.3, -0.25) is 0 Å². The van der Waals surface area contributed by atoms with Crippen molar-refractivity contribution in [3.05, 3.63) is 57.6 Å². The van der Waals surface area contributed by atoms with Crippen molar-refractivity contribution in [2.24, 2.45) is 10.7 Å². The van der Waals surface area contributed by atoms with E-state index in [0.717, 1.165) is 33.5 Å². The summed E-state index contributed by atoms with van der Waals surface area (Å²) in [5, 5.41) is 3.14. The Labute approximate surface area is 157 Å². The van der Waals surface area contributed by atoms with Crippen LogP contribution in [0.15, 0.2) is 45.9 Å². The fourth-order valence-electron chi connectivity index (χ4n) is 2.43. The predicted octanol–water partition coefficient (Wildman–Crippen LogP) is 3.42. The van der Waals surface area contributed by atoms with Gasteiger partial charge in [-0.15, -0.1) is 0 Å². The van der Waals surface area contributed by atoms with Crippen molar-refractivity contribution in [2.45, 2.75) is 19.9 Å². The number of nitrogens with one attached hydrogen (secondary N) is 1. The summed E-state index contributed by atoms with van der Waals surface area (Å²) in [6.07, 6.45) is 0.813. The van der Waals surface area contributed by atoms with Crippen LogP contribution in [0, 0.1) is 6.92 Å². The Balaban J connectivity index is 1.86. The first-order chi connectivity index (χ1) is 12.0. The van der Waals surface area contributed by atoms with Gasteiger partial charge in [0.15, 0.2) is 17.5 Å². The molecule has 0 amide bonds. The topological polar surface area (TPSA) is 68.9 Å². The second kappa shape index (κ2) is 9.32. The van der Waals surface area contributed by atoms with Crippen LogP contribution in [0.5, 0.6) is 11.5 Å². The molecule has 0 aliphatic carbocycles. The number of methoxy groups -OCH3 is 2. The summed E-state index contributed by atoms with van der Waals surface area (Å²) in [7, 11) is 3.26. The molecule has 2 aromatic carbocycles. The van der Waals surface area contributed by atoms with Crippen molar-refractivity contribution in [3.63, 3.8) is 0 Å². The van der Waals surface area contributed by atoms with Crippen LogP contribution in [0.25, 0.3) is 0 Å². The molecule has 0 spiro atoms. The first kappa shape index (κ1) is 19.1. The van der Waals surface area contributed by atoms with Gasteiger partial charge in [0, 0.05) is 11.0 Å². The number of benzene rings is 2. The van der Waals surface area contributed by atoms with Crippen molar-refractivity contribution >= 4 is 21.9 Å². The van der Waals surface area contributed by atoms with E-state index in [2.05, 4.69) is 45.3 Å². The molecule has 2 rings (SSSR count). The second-order valence-electron chi connectivity index (χ2n) is 5.64. The monoisotopic (exact) mass is 405 g/mol. The summed E-state index contributed by atoms with van der Waals surface area (Å²) >= 11 is 3.46. The number of ether oxygens (including phenoxy) is 2. The van der Waals surface area contributed by atoms with Gasteiger partial charge < -0.3 is 20.5 Å². The van der Waals surface area contributed by atoms with Gasteiger partial charge in [-0.05, 0) is 54.3 Å². The minimum absolute atomic E-state index is 0.447. The number of hydrogen-bond acceptors (Lipinski definition) is 3. The Morgan fingerprint density at radius 1 is 1.12 bits per heavy atom. The van der Waals surface area contributed by atoms with Crippen molar-refractivity contribution in [3.8, 4) is 11.5 Å². The fourth-order valence-corrected chi connectivity index (χ4v) is 2.91. The zero-order chi connectivity index (χ0) is 18.2. The van der Waals surface area contributed by atoms with Crippen LogP contribution in [0.2, 0.25) is 0 Å². The summed E-state index contributed by atoms with van der Waals surface area (Å²) in [6, 6.07) is 12.0. The third kappa shape index (κ3) is 5.67. The maximum atomic E-state index is 5.95. The van der Waals surface area contributed by atoms with Crippen LogP contribution in [0.1, 0.15) is 16.7 Å². The highest BCUT2D eigenvalue weighted by Gasteiger charge is 2.04. The van der Waals surface area contributed by atoms with Crippen molar-refractivity contribution < 1.29 is 9.47 Å². The van der Waals surface area contributed by atoms with Gasteiger partial charge >= 0.3 is 0 Å². The Morgan fingerprint density at radius 3 is 2.56 bits per heavy atom. The molecule has 3 N–H and O–H groups in total. The van der Waals surface area contributed by atoms with Gasteiger partial charge in [-0.1, -0.05) is 28.1 Å². The van der Waals surface area contributed by atoms with Crippen LogP contribution in [0.3, 0.4) is 0 Å². The summed E-state index contributed by atoms with van der Waals surface area (Å²) in [5.41, 5.74) is 9.44. The molecule has 0 radical (unpaired) electrons. The molecule has 5 nitrogen and oxygen atoms in total. The van der Waals surface area contributed by atoms with Crippen molar-refractivity contribution in [1.29, 1.82) is 0 Å². The second-order valence-corrected chi connectivity index (χ2v) is 6.55. The SMILES string of the molecule is COc1ccc(CCNC(N)=NCc2ccc(Br)cc2C)cc1OC. The number of nitrogens with zero attached hydrogens (tertiary/aromatic N) is 1. The smallest absolute Gasteiger partial charge is 0.188 e. The Morgan fingerprint density at radius 2 is 1.88 bits per heavy atom.